The molecule has 0 spiro atoms. The summed E-state index contributed by atoms with van der Waals surface area (Å²) in [5.41, 5.74) is 1.50. The lowest BCUT2D eigenvalue weighted by Gasteiger charge is -2.16. The number of rotatable bonds is 5. The number of carbonyl (C=O) groups is 1. The molecule has 0 saturated carbocycles. The number of benzene rings is 3. The van der Waals surface area contributed by atoms with Gasteiger partial charge in [-0.15, -0.1) is 0 Å². The molecule has 7 heteroatoms. The highest BCUT2D eigenvalue weighted by Crippen LogP contribution is 2.32. The summed E-state index contributed by atoms with van der Waals surface area (Å²) in [4.78, 5) is 26.1. The van der Waals surface area contributed by atoms with Crippen LogP contribution in [0.5, 0.6) is 11.5 Å². The minimum atomic E-state index is -1.05. The predicted molar refractivity (Wildman–Crippen MR) is 125 cm³/mol. The van der Waals surface area contributed by atoms with Crippen LogP contribution >= 0.6 is 23.2 Å². The molecule has 3 aromatic carbocycles. The van der Waals surface area contributed by atoms with Crippen LogP contribution < -0.4 is 14.9 Å². The third-order valence-electron chi connectivity index (χ3n) is 4.77. The molecule has 1 atom stereocenters. The first-order chi connectivity index (χ1) is 15.3. The van der Waals surface area contributed by atoms with E-state index in [0.717, 1.165) is 5.56 Å². The van der Waals surface area contributed by atoms with Gasteiger partial charge in [-0.05, 0) is 49.7 Å². The predicted octanol–water partition coefficient (Wildman–Crippen LogP) is 6.45. The summed E-state index contributed by atoms with van der Waals surface area (Å²) in [6.07, 6.45) is -1.05. The van der Waals surface area contributed by atoms with Crippen molar-refractivity contribution in [2.45, 2.75) is 20.0 Å². The normalized spacial score (nSPS) is 11.9. The van der Waals surface area contributed by atoms with Crippen molar-refractivity contribution in [1.82, 2.24) is 0 Å². The molecule has 0 aliphatic heterocycles. The first-order valence-electron chi connectivity index (χ1n) is 9.80. The van der Waals surface area contributed by atoms with E-state index in [2.05, 4.69) is 0 Å². The highest BCUT2D eigenvalue weighted by atomic mass is 35.5. The van der Waals surface area contributed by atoms with Crippen molar-refractivity contribution >= 4 is 40.1 Å². The van der Waals surface area contributed by atoms with E-state index >= 15 is 0 Å². The third-order valence-corrected chi connectivity index (χ3v) is 5.30. The molecular weight excluding hydrogens is 451 g/mol. The zero-order chi connectivity index (χ0) is 22.8. The molecule has 0 unspecified atom stereocenters. The van der Waals surface area contributed by atoms with Gasteiger partial charge >= 0.3 is 5.97 Å². The Morgan fingerprint density at radius 1 is 1.00 bits per heavy atom. The Kier molecular flexibility index (Phi) is 6.21. The van der Waals surface area contributed by atoms with Crippen LogP contribution in [-0.4, -0.2) is 12.1 Å². The molecule has 0 aliphatic carbocycles. The van der Waals surface area contributed by atoms with Gasteiger partial charge in [0.1, 0.15) is 11.3 Å². The van der Waals surface area contributed by atoms with Crippen LogP contribution in [0.25, 0.3) is 22.3 Å². The van der Waals surface area contributed by atoms with Crippen LogP contribution in [0.15, 0.2) is 75.9 Å². The monoisotopic (exact) mass is 468 g/mol. The maximum absolute atomic E-state index is 13.2. The second kappa shape index (κ2) is 9.07. The maximum Gasteiger partial charge on any atom is 0.352 e. The van der Waals surface area contributed by atoms with Crippen molar-refractivity contribution in [2.24, 2.45) is 0 Å². The van der Waals surface area contributed by atoms with Crippen LogP contribution in [0.3, 0.4) is 0 Å². The number of hydrogen-bond donors (Lipinski definition) is 0. The van der Waals surface area contributed by atoms with Crippen LogP contribution in [0.2, 0.25) is 10.0 Å². The Morgan fingerprint density at radius 2 is 1.75 bits per heavy atom. The number of aryl methyl sites for hydroxylation is 1. The van der Waals surface area contributed by atoms with Crippen LogP contribution in [0.1, 0.15) is 12.5 Å². The van der Waals surface area contributed by atoms with Crippen molar-refractivity contribution in [3.63, 3.8) is 0 Å². The molecule has 0 bridgehead atoms. The van der Waals surface area contributed by atoms with E-state index in [-0.39, 0.29) is 22.3 Å². The number of ether oxygens (including phenoxy) is 2. The van der Waals surface area contributed by atoms with E-state index in [9.17, 15) is 9.59 Å². The Hall–Kier alpha value is -3.28. The van der Waals surface area contributed by atoms with E-state index in [1.807, 2.05) is 13.0 Å². The number of carbonyl (C=O) groups excluding carboxylic acids is 1. The van der Waals surface area contributed by atoms with Crippen molar-refractivity contribution in [3.8, 4) is 22.8 Å². The molecule has 0 aliphatic rings. The van der Waals surface area contributed by atoms with E-state index in [1.165, 1.54) is 13.0 Å². The number of fused-ring (bicyclic) bond motifs is 1. The van der Waals surface area contributed by atoms with Crippen LogP contribution in [0, 0.1) is 6.92 Å². The third kappa shape index (κ3) is 4.49. The average molecular weight is 469 g/mol. The molecule has 32 heavy (non-hydrogen) atoms. The molecule has 1 heterocycles. The van der Waals surface area contributed by atoms with Gasteiger partial charge in [0.15, 0.2) is 11.9 Å². The SMILES string of the molecule is Cc1ccc2c(=O)c(OC(=O)[C@@H](C)Oc3ccc(Cl)cc3Cl)c(-c3ccccc3)oc2c1. The Balaban J connectivity index is 1.72. The summed E-state index contributed by atoms with van der Waals surface area (Å²) in [7, 11) is 0. The van der Waals surface area contributed by atoms with Crippen molar-refractivity contribution in [3.05, 3.63) is 92.6 Å². The number of halogens is 2. The van der Waals surface area contributed by atoms with Crippen molar-refractivity contribution < 1.29 is 18.7 Å². The summed E-state index contributed by atoms with van der Waals surface area (Å²) >= 11 is 12.0. The van der Waals surface area contributed by atoms with Crippen molar-refractivity contribution in [2.75, 3.05) is 0 Å². The van der Waals surface area contributed by atoms with Gasteiger partial charge in [-0.3, -0.25) is 4.79 Å². The molecule has 0 fully saturated rings. The minimum Gasteiger partial charge on any atom is -0.477 e. The van der Waals surface area contributed by atoms with Gasteiger partial charge < -0.3 is 13.9 Å². The smallest absolute Gasteiger partial charge is 0.352 e. The summed E-state index contributed by atoms with van der Waals surface area (Å²) in [6.45, 7) is 3.40. The fourth-order valence-corrected chi connectivity index (χ4v) is 3.60. The molecule has 1 aromatic heterocycles. The Morgan fingerprint density at radius 3 is 2.47 bits per heavy atom. The Bertz CT molecular complexity index is 1360. The summed E-state index contributed by atoms with van der Waals surface area (Å²) < 4.78 is 17.2. The first kappa shape index (κ1) is 21.9. The lowest BCUT2D eigenvalue weighted by molar-refractivity contribution is -0.141. The highest BCUT2D eigenvalue weighted by Gasteiger charge is 2.25. The lowest BCUT2D eigenvalue weighted by Crippen LogP contribution is -2.30. The molecule has 0 N–H and O–H groups in total. The summed E-state index contributed by atoms with van der Waals surface area (Å²) in [5, 5.41) is 1.00. The van der Waals surface area contributed by atoms with Gasteiger partial charge in [-0.2, -0.15) is 0 Å². The fourth-order valence-electron chi connectivity index (χ4n) is 3.15. The molecule has 0 radical (unpaired) electrons. The van der Waals surface area contributed by atoms with Gasteiger partial charge in [0.05, 0.1) is 10.4 Å². The molecule has 0 amide bonds. The zero-order valence-electron chi connectivity index (χ0n) is 17.2. The molecule has 5 nitrogen and oxygen atoms in total. The quantitative estimate of drug-likeness (QED) is 0.315. The Labute approximate surface area is 194 Å². The summed E-state index contributed by atoms with van der Waals surface area (Å²) in [6, 6.07) is 18.8. The zero-order valence-corrected chi connectivity index (χ0v) is 18.7. The number of esters is 1. The van der Waals surface area contributed by atoms with Crippen molar-refractivity contribution in [1.29, 1.82) is 0 Å². The summed E-state index contributed by atoms with van der Waals surface area (Å²) in [5.74, 6) is -0.536. The second-order valence-corrected chi connectivity index (χ2v) is 8.05. The van der Waals surface area contributed by atoms with Crippen LogP contribution in [0.4, 0.5) is 0 Å². The molecule has 0 saturated heterocycles. The van der Waals surface area contributed by atoms with Gasteiger partial charge in [0.25, 0.3) is 0 Å². The van der Waals surface area contributed by atoms with Gasteiger partial charge in [-0.1, -0.05) is 59.6 Å². The molecule has 162 valence electrons. The molecular formula is C25H18Cl2O5. The largest absolute Gasteiger partial charge is 0.477 e. The van der Waals surface area contributed by atoms with Gasteiger partial charge in [0.2, 0.25) is 11.2 Å². The number of hydrogen-bond acceptors (Lipinski definition) is 5. The topological polar surface area (TPSA) is 65.7 Å². The first-order valence-corrected chi connectivity index (χ1v) is 10.6. The van der Waals surface area contributed by atoms with Gasteiger partial charge in [0, 0.05) is 10.6 Å². The average Bonchev–Trinajstić information content (AvgIpc) is 2.77. The van der Waals surface area contributed by atoms with E-state index in [4.69, 9.17) is 37.1 Å². The minimum absolute atomic E-state index is 0.166. The standard InChI is InChI=1S/C25H18Cl2O5/c1-14-8-10-18-21(12-14)31-23(16-6-4-3-5-7-16)24(22(18)28)32-25(29)15(2)30-20-11-9-17(26)13-19(20)27/h3-13,15H,1-2H3/t15-/m1/s1. The molecule has 4 aromatic rings. The highest BCUT2D eigenvalue weighted by molar-refractivity contribution is 6.35. The van der Waals surface area contributed by atoms with Crippen LogP contribution in [-0.2, 0) is 4.79 Å². The second-order valence-electron chi connectivity index (χ2n) is 7.21. The van der Waals surface area contributed by atoms with Gasteiger partial charge in [-0.25, -0.2) is 4.79 Å². The van der Waals surface area contributed by atoms with E-state index in [0.29, 0.717) is 21.6 Å². The fraction of sp³-hybridized carbons (Fsp3) is 0.120. The lowest BCUT2D eigenvalue weighted by atomic mass is 10.1. The molecule has 4 rings (SSSR count). The maximum atomic E-state index is 13.2. The van der Waals surface area contributed by atoms with E-state index in [1.54, 1.807) is 54.6 Å². The van der Waals surface area contributed by atoms with E-state index < -0.39 is 17.5 Å².